The van der Waals surface area contributed by atoms with Gasteiger partial charge in [0.05, 0.1) is 0 Å². The highest BCUT2D eigenvalue weighted by molar-refractivity contribution is 5.21. The van der Waals surface area contributed by atoms with Crippen LogP contribution in [-0.2, 0) is 0 Å². The van der Waals surface area contributed by atoms with Gasteiger partial charge in [-0.2, -0.15) is 0 Å². The van der Waals surface area contributed by atoms with Gasteiger partial charge in [0.15, 0.2) is 0 Å². The van der Waals surface area contributed by atoms with Crippen molar-refractivity contribution in [3.8, 4) is 0 Å². The largest absolute Gasteiger partial charge is 0.0620 e. The SMILES string of the molecule is CC1C(C)C2C(C)C(C)C3C(C)C(C)C4C(C)C(C)C5C(C)C(C)C1C1C2C3C4C51. The van der Waals surface area contributed by atoms with Gasteiger partial charge < -0.3 is 0 Å². The van der Waals surface area contributed by atoms with Gasteiger partial charge in [0.1, 0.15) is 0 Å². The first-order chi connectivity index (χ1) is 14.1. The Hall–Kier alpha value is 0. The second-order valence-corrected chi connectivity index (χ2v) is 14.4. The van der Waals surface area contributed by atoms with E-state index in [1.165, 1.54) is 0 Å². The molecule has 0 nitrogen and oxygen atoms in total. The van der Waals surface area contributed by atoms with E-state index in [-0.39, 0.29) is 0 Å². The topological polar surface area (TPSA) is 0 Å². The van der Waals surface area contributed by atoms with Crippen molar-refractivity contribution >= 4 is 0 Å². The summed E-state index contributed by atoms with van der Waals surface area (Å²) in [5.74, 6) is 19.7. The second-order valence-electron chi connectivity index (χ2n) is 14.4. The van der Waals surface area contributed by atoms with Crippen LogP contribution in [0.25, 0.3) is 0 Å². The second kappa shape index (κ2) is 6.32. The van der Waals surface area contributed by atoms with Gasteiger partial charge in [0.25, 0.3) is 0 Å². The molecule has 10 unspecified atom stereocenters. The minimum absolute atomic E-state index is 0.934. The molecule has 0 aromatic carbocycles. The number of hydrogen-bond acceptors (Lipinski definition) is 0. The molecule has 0 N–H and O–H groups in total. The highest BCUT2D eigenvalue weighted by Crippen LogP contribution is 2.78. The predicted octanol–water partition coefficient (Wildman–Crippen LogP) is 7.59. The van der Waals surface area contributed by atoms with E-state index in [1.54, 1.807) is 0 Å². The van der Waals surface area contributed by atoms with E-state index in [9.17, 15) is 0 Å². The first-order valence-corrected chi connectivity index (χ1v) is 14.1. The van der Waals surface area contributed by atoms with E-state index in [0.29, 0.717) is 0 Å². The summed E-state index contributed by atoms with van der Waals surface area (Å²) in [5.41, 5.74) is 0. The highest BCUT2D eigenvalue weighted by Gasteiger charge is 2.74. The molecule has 0 bridgehead atoms. The van der Waals surface area contributed by atoms with Crippen LogP contribution in [0.4, 0.5) is 0 Å². The summed E-state index contributed by atoms with van der Waals surface area (Å²) in [6.45, 7) is 26.9. The molecule has 0 amide bonds. The van der Waals surface area contributed by atoms with E-state index in [4.69, 9.17) is 0 Å². The Balaban J connectivity index is 1.60. The van der Waals surface area contributed by atoms with Gasteiger partial charge in [0, 0.05) is 0 Å². The van der Waals surface area contributed by atoms with Crippen molar-refractivity contribution in [1.29, 1.82) is 0 Å². The third-order valence-corrected chi connectivity index (χ3v) is 14.7. The molecule has 6 fully saturated rings. The minimum atomic E-state index is 0.934. The lowest BCUT2D eigenvalue weighted by atomic mass is 9.42. The summed E-state index contributed by atoms with van der Waals surface area (Å²) in [6, 6.07) is 0. The maximum Gasteiger partial charge on any atom is -0.0312 e. The lowest BCUT2D eigenvalue weighted by Gasteiger charge is -2.62. The molecule has 10 atom stereocenters. The first kappa shape index (κ1) is 20.6. The zero-order chi connectivity index (χ0) is 21.5. The van der Waals surface area contributed by atoms with Crippen molar-refractivity contribution in [2.45, 2.75) is 69.2 Å². The molecule has 6 aliphatic rings. The molecule has 6 aliphatic carbocycles. The van der Waals surface area contributed by atoms with Gasteiger partial charge in [-0.25, -0.2) is 0 Å². The Morgan fingerprint density at radius 1 is 0.167 bits per heavy atom. The van der Waals surface area contributed by atoms with E-state index in [1.807, 2.05) is 0 Å². The van der Waals surface area contributed by atoms with Crippen LogP contribution in [0, 0.1) is 118 Å². The fourth-order valence-corrected chi connectivity index (χ4v) is 13.3. The van der Waals surface area contributed by atoms with Crippen LogP contribution in [0.1, 0.15) is 69.2 Å². The molecular weight excluding hydrogens is 360 g/mol. The minimum Gasteiger partial charge on any atom is -0.0620 e. The third-order valence-electron chi connectivity index (χ3n) is 14.7. The van der Waals surface area contributed by atoms with Crippen LogP contribution in [0.5, 0.6) is 0 Å². The van der Waals surface area contributed by atoms with Crippen LogP contribution >= 0.6 is 0 Å². The van der Waals surface area contributed by atoms with Crippen LogP contribution in [0.15, 0.2) is 0 Å². The van der Waals surface area contributed by atoms with Crippen LogP contribution in [0.3, 0.4) is 0 Å². The summed E-state index contributed by atoms with van der Waals surface area (Å²) >= 11 is 0. The van der Waals surface area contributed by atoms with E-state index in [2.05, 4.69) is 69.2 Å². The zero-order valence-corrected chi connectivity index (χ0v) is 21.5. The van der Waals surface area contributed by atoms with Gasteiger partial charge in [-0.05, 0) is 118 Å². The molecule has 6 saturated carbocycles. The molecule has 0 aromatic heterocycles. The quantitative estimate of drug-likeness (QED) is 0.386. The fourth-order valence-electron chi connectivity index (χ4n) is 13.3. The zero-order valence-electron chi connectivity index (χ0n) is 21.5. The summed E-state index contributed by atoms with van der Waals surface area (Å²) in [6.07, 6.45) is 0. The van der Waals surface area contributed by atoms with Gasteiger partial charge in [-0.1, -0.05) is 69.2 Å². The molecule has 0 heterocycles. The van der Waals surface area contributed by atoms with Gasteiger partial charge >= 0.3 is 0 Å². The Kier molecular flexibility index (Phi) is 4.34. The molecule has 0 heteroatoms. The summed E-state index contributed by atoms with van der Waals surface area (Å²) in [4.78, 5) is 0. The van der Waals surface area contributed by atoms with E-state index in [0.717, 1.165) is 118 Å². The molecule has 0 saturated heterocycles. The van der Waals surface area contributed by atoms with Gasteiger partial charge in [0.2, 0.25) is 0 Å². The predicted molar refractivity (Wildman–Crippen MR) is 127 cm³/mol. The molecule has 0 radical (unpaired) electrons. The lowest BCUT2D eigenvalue weighted by molar-refractivity contribution is -0.152. The van der Waals surface area contributed by atoms with Crippen molar-refractivity contribution in [3.05, 3.63) is 0 Å². The van der Waals surface area contributed by atoms with Crippen molar-refractivity contribution in [3.63, 3.8) is 0 Å². The highest BCUT2D eigenvalue weighted by atomic mass is 14.8. The smallest absolute Gasteiger partial charge is 0.0312 e. The maximum absolute atomic E-state index is 2.69. The van der Waals surface area contributed by atoms with Crippen LogP contribution in [-0.4, -0.2) is 0 Å². The molecule has 0 spiro atoms. The summed E-state index contributed by atoms with van der Waals surface area (Å²) in [5, 5.41) is 0. The molecule has 170 valence electrons. The van der Waals surface area contributed by atoms with Crippen LogP contribution < -0.4 is 0 Å². The normalized spacial score (nSPS) is 73.0. The number of hydrogen-bond donors (Lipinski definition) is 0. The first-order valence-electron chi connectivity index (χ1n) is 14.1. The molecular formula is C30H50. The van der Waals surface area contributed by atoms with Crippen molar-refractivity contribution in [2.24, 2.45) is 118 Å². The Labute approximate surface area is 187 Å². The average Bonchev–Trinajstić information content (AvgIpc) is 3.02. The molecule has 6 rings (SSSR count). The third kappa shape index (κ3) is 2.04. The Morgan fingerprint density at radius 2 is 0.267 bits per heavy atom. The van der Waals surface area contributed by atoms with Crippen molar-refractivity contribution in [2.75, 3.05) is 0 Å². The lowest BCUT2D eigenvalue weighted by Crippen LogP contribution is -2.58. The monoisotopic (exact) mass is 410 g/mol. The van der Waals surface area contributed by atoms with Crippen molar-refractivity contribution < 1.29 is 0 Å². The Bertz CT molecular complexity index is 520. The van der Waals surface area contributed by atoms with Gasteiger partial charge in [-0.15, -0.1) is 0 Å². The summed E-state index contributed by atoms with van der Waals surface area (Å²) < 4.78 is 0. The average molecular weight is 411 g/mol. The Morgan fingerprint density at radius 3 is 0.367 bits per heavy atom. The molecule has 30 heavy (non-hydrogen) atoms. The van der Waals surface area contributed by atoms with Crippen molar-refractivity contribution in [1.82, 2.24) is 0 Å². The van der Waals surface area contributed by atoms with Crippen LogP contribution in [0.2, 0.25) is 0 Å². The van der Waals surface area contributed by atoms with E-state index >= 15 is 0 Å². The van der Waals surface area contributed by atoms with E-state index < -0.39 is 0 Å². The maximum atomic E-state index is 2.69. The molecule has 0 aromatic rings. The van der Waals surface area contributed by atoms with Gasteiger partial charge in [-0.3, -0.25) is 0 Å². The number of rotatable bonds is 0. The summed E-state index contributed by atoms with van der Waals surface area (Å²) in [7, 11) is 0. The standard InChI is InChI=1S/C30H50/c1-11-12(2)22-15(5)16(6)24-19(9)20(10)25-18(8)17(7)23-14(4)13(3)21(11)26-27(22)29(24)30(25)28(23)26/h11-30H,1-10H3. The molecule has 0 aliphatic heterocycles. The fraction of sp³-hybridized carbons (Fsp3) is 1.00.